The number of hydrogen-bond donors (Lipinski definition) is 3. The molecule has 0 heterocycles. The normalized spacial score (nSPS) is 35.9. The standard InChI is InChI=1S/C28H47NO4S.C4H4O4/c1-8-26(6)17-22(33-23(31)18-34-16-15-29(9-2)10-3)27(7)19(4)11-13-28(20(5)25(26)32)14-12-21(30)24(27)28;5-3(6)1-2-4(7)8/h8,19-20,22,24-25,32H,1,9-18H2,2-7H3;1-2H,(H,5,6)(H,7,8)/b;2-1+. The zero-order valence-corrected chi connectivity index (χ0v) is 27.0. The molecule has 0 spiro atoms. The number of nitrogens with zero attached hydrogens (tertiary/aromatic N) is 1. The molecule has 3 saturated carbocycles. The van der Waals surface area contributed by atoms with Crippen LogP contribution in [-0.4, -0.2) is 87.3 Å². The summed E-state index contributed by atoms with van der Waals surface area (Å²) >= 11 is 1.61. The maximum Gasteiger partial charge on any atom is 0.328 e. The van der Waals surface area contributed by atoms with E-state index in [2.05, 4.69) is 46.1 Å². The first-order chi connectivity index (χ1) is 19.6. The number of esters is 1. The lowest BCUT2D eigenvalue weighted by molar-refractivity contribution is -0.205. The molecule has 0 radical (unpaired) electrons. The van der Waals surface area contributed by atoms with Gasteiger partial charge in [-0.1, -0.05) is 47.6 Å². The Balaban J connectivity index is 0.000000675. The molecule has 8 unspecified atom stereocenters. The van der Waals surface area contributed by atoms with Gasteiger partial charge in [-0.25, -0.2) is 9.59 Å². The van der Waals surface area contributed by atoms with Crippen molar-refractivity contribution in [1.82, 2.24) is 4.90 Å². The van der Waals surface area contributed by atoms with E-state index in [0.717, 1.165) is 44.6 Å². The molecule has 42 heavy (non-hydrogen) atoms. The molecule has 3 N–H and O–H groups in total. The Hall–Kier alpha value is -2.17. The molecule has 10 heteroatoms. The summed E-state index contributed by atoms with van der Waals surface area (Å²) in [5.41, 5.74) is -1.25. The number of ether oxygens (including phenoxy) is 1. The van der Waals surface area contributed by atoms with Crippen molar-refractivity contribution in [3.63, 3.8) is 0 Å². The number of hydrogen-bond acceptors (Lipinski definition) is 8. The zero-order valence-electron chi connectivity index (χ0n) is 26.1. The van der Waals surface area contributed by atoms with E-state index in [1.165, 1.54) is 0 Å². The second-order valence-corrected chi connectivity index (χ2v) is 13.8. The van der Waals surface area contributed by atoms with Gasteiger partial charge in [-0.2, -0.15) is 0 Å². The van der Waals surface area contributed by atoms with Crippen molar-refractivity contribution in [2.75, 3.05) is 31.1 Å². The third-order valence-electron chi connectivity index (χ3n) is 10.6. The molecule has 9 nitrogen and oxygen atoms in total. The molecular weight excluding hydrogens is 558 g/mol. The highest BCUT2D eigenvalue weighted by Crippen LogP contribution is 2.68. The molecule has 0 amide bonds. The van der Waals surface area contributed by atoms with Crippen LogP contribution in [0.15, 0.2) is 24.8 Å². The summed E-state index contributed by atoms with van der Waals surface area (Å²) in [6, 6.07) is 0. The largest absolute Gasteiger partial charge is 0.478 e. The monoisotopic (exact) mass is 609 g/mol. The average molecular weight is 610 g/mol. The highest BCUT2D eigenvalue weighted by molar-refractivity contribution is 7.99. The minimum atomic E-state index is -1.26. The van der Waals surface area contributed by atoms with E-state index >= 15 is 0 Å². The summed E-state index contributed by atoms with van der Waals surface area (Å²) in [4.78, 5) is 48.0. The predicted molar refractivity (Wildman–Crippen MR) is 164 cm³/mol. The molecule has 3 aliphatic rings. The van der Waals surface area contributed by atoms with Crippen LogP contribution in [0.25, 0.3) is 0 Å². The Morgan fingerprint density at radius 1 is 1.10 bits per heavy atom. The number of carboxylic acids is 2. The molecule has 0 aromatic rings. The Bertz CT molecular complexity index is 1010. The lowest BCUT2D eigenvalue weighted by Crippen LogP contribution is -2.63. The molecule has 0 aromatic carbocycles. The van der Waals surface area contributed by atoms with Gasteiger partial charge in [0, 0.05) is 47.6 Å². The van der Waals surface area contributed by atoms with E-state index in [1.807, 2.05) is 13.0 Å². The van der Waals surface area contributed by atoms with Gasteiger partial charge in [0.15, 0.2) is 0 Å². The van der Waals surface area contributed by atoms with E-state index in [1.54, 1.807) is 11.8 Å². The van der Waals surface area contributed by atoms with Crippen LogP contribution in [0.2, 0.25) is 0 Å². The van der Waals surface area contributed by atoms with Crippen LogP contribution in [-0.2, 0) is 23.9 Å². The minimum Gasteiger partial charge on any atom is -0.478 e. The summed E-state index contributed by atoms with van der Waals surface area (Å²) in [6.07, 6.45) is 5.76. The number of carbonyl (C=O) groups is 4. The van der Waals surface area contributed by atoms with Crippen molar-refractivity contribution in [2.24, 2.45) is 34.0 Å². The Morgan fingerprint density at radius 2 is 1.69 bits per heavy atom. The molecule has 0 aromatic heterocycles. The topological polar surface area (TPSA) is 141 Å². The molecular formula is C32H51NO8S. The van der Waals surface area contributed by atoms with E-state index < -0.39 is 35.0 Å². The van der Waals surface area contributed by atoms with Crippen molar-refractivity contribution in [1.29, 1.82) is 0 Å². The van der Waals surface area contributed by atoms with E-state index in [0.29, 0.717) is 36.5 Å². The molecule has 2 bridgehead atoms. The highest BCUT2D eigenvalue weighted by atomic mass is 32.2. The van der Waals surface area contributed by atoms with E-state index in [-0.39, 0.29) is 29.1 Å². The van der Waals surface area contributed by atoms with Crippen molar-refractivity contribution < 1.29 is 39.2 Å². The number of rotatable bonds is 11. The van der Waals surface area contributed by atoms with Crippen LogP contribution in [0, 0.1) is 34.0 Å². The summed E-state index contributed by atoms with van der Waals surface area (Å²) in [6.45, 7) is 20.0. The maximum atomic E-state index is 13.4. The lowest BCUT2D eigenvalue weighted by atomic mass is 9.44. The third kappa shape index (κ3) is 7.66. The number of carbonyl (C=O) groups excluding carboxylic acids is 2. The molecule has 0 saturated heterocycles. The Kier molecular flexibility index (Phi) is 12.9. The van der Waals surface area contributed by atoms with Crippen LogP contribution in [0.5, 0.6) is 0 Å². The number of thioether (sulfide) groups is 1. The van der Waals surface area contributed by atoms with Gasteiger partial charge in [-0.3, -0.25) is 9.59 Å². The number of ketones is 1. The SMILES string of the molecule is C=CC1(C)CC(OC(=O)CSCCN(CC)CC)C2(C)C(C)CCC3(CCC(=O)C32)C(C)C1O.O=C(O)/C=C/C(=O)O. The van der Waals surface area contributed by atoms with Gasteiger partial charge in [0.2, 0.25) is 0 Å². The summed E-state index contributed by atoms with van der Waals surface area (Å²) < 4.78 is 6.30. The average Bonchev–Trinajstić information content (AvgIpc) is 3.30. The van der Waals surface area contributed by atoms with Crippen LogP contribution >= 0.6 is 11.8 Å². The van der Waals surface area contributed by atoms with Crippen molar-refractivity contribution in [3.05, 3.63) is 24.8 Å². The van der Waals surface area contributed by atoms with Crippen LogP contribution in [0.1, 0.15) is 73.6 Å². The van der Waals surface area contributed by atoms with E-state index in [9.17, 15) is 24.3 Å². The Morgan fingerprint density at radius 3 is 2.21 bits per heavy atom. The van der Waals surface area contributed by atoms with Gasteiger partial charge >= 0.3 is 17.9 Å². The summed E-state index contributed by atoms with van der Waals surface area (Å²) in [5.74, 6) is -1.14. The Labute approximate surface area is 255 Å². The van der Waals surface area contributed by atoms with Gasteiger partial charge in [0.1, 0.15) is 11.9 Å². The molecule has 8 atom stereocenters. The van der Waals surface area contributed by atoms with Gasteiger partial charge in [-0.05, 0) is 56.0 Å². The lowest BCUT2D eigenvalue weighted by Gasteiger charge is -2.61. The van der Waals surface area contributed by atoms with Gasteiger partial charge in [-0.15, -0.1) is 18.3 Å². The van der Waals surface area contributed by atoms with Crippen LogP contribution < -0.4 is 0 Å². The number of Topliss-reactive ketones (excluding diaryl/α,β-unsaturated/α-hetero) is 1. The molecule has 3 fully saturated rings. The smallest absolute Gasteiger partial charge is 0.328 e. The summed E-state index contributed by atoms with van der Waals surface area (Å²) in [7, 11) is 0. The van der Waals surface area contributed by atoms with Crippen molar-refractivity contribution >= 4 is 35.5 Å². The molecule has 3 aliphatic carbocycles. The molecule has 0 aliphatic heterocycles. The van der Waals surface area contributed by atoms with E-state index in [4.69, 9.17) is 14.9 Å². The summed E-state index contributed by atoms with van der Waals surface area (Å²) in [5, 5.41) is 27.2. The first kappa shape index (κ1) is 36.0. The van der Waals surface area contributed by atoms with Crippen LogP contribution in [0.3, 0.4) is 0 Å². The van der Waals surface area contributed by atoms with Gasteiger partial charge in [0.25, 0.3) is 0 Å². The maximum absolute atomic E-state index is 13.4. The first-order valence-corrected chi connectivity index (χ1v) is 16.3. The quantitative estimate of drug-likeness (QED) is 0.131. The number of carboxylic acid groups (broad SMARTS) is 2. The first-order valence-electron chi connectivity index (χ1n) is 15.1. The number of aliphatic hydroxyl groups excluding tert-OH is 1. The van der Waals surface area contributed by atoms with Gasteiger partial charge < -0.3 is 25.0 Å². The molecule has 238 valence electrons. The second-order valence-electron chi connectivity index (χ2n) is 12.7. The fourth-order valence-electron chi connectivity index (χ4n) is 7.73. The minimum absolute atomic E-state index is 0.00828. The number of aliphatic hydroxyl groups is 1. The number of aliphatic carboxylic acids is 2. The highest BCUT2D eigenvalue weighted by Gasteiger charge is 2.68. The fourth-order valence-corrected chi connectivity index (χ4v) is 8.49. The van der Waals surface area contributed by atoms with Gasteiger partial charge in [0.05, 0.1) is 11.9 Å². The van der Waals surface area contributed by atoms with Crippen LogP contribution in [0.4, 0.5) is 0 Å². The fraction of sp³-hybridized carbons (Fsp3) is 0.750. The zero-order chi connectivity index (χ0) is 31.9. The predicted octanol–water partition coefficient (Wildman–Crippen LogP) is 4.68. The van der Waals surface area contributed by atoms with Crippen molar-refractivity contribution in [3.8, 4) is 0 Å². The third-order valence-corrected chi connectivity index (χ3v) is 11.5. The molecule has 3 rings (SSSR count). The second kappa shape index (κ2) is 15.0. The van der Waals surface area contributed by atoms with Crippen molar-refractivity contribution in [2.45, 2.75) is 85.9 Å².